The molecule has 5 nitrogen and oxygen atoms in total. The minimum Gasteiger partial charge on any atom is -0.508 e. The number of hydrazone groups is 1. The highest BCUT2D eigenvalue weighted by Crippen LogP contribution is 2.23. The summed E-state index contributed by atoms with van der Waals surface area (Å²) in [5.41, 5.74) is 6.01. The fraction of sp³-hybridized carbons (Fsp3) is 0.176. The van der Waals surface area contributed by atoms with Crippen molar-refractivity contribution in [2.45, 2.75) is 20.8 Å². The summed E-state index contributed by atoms with van der Waals surface area (Å²) in [5, 5.41) is 23.0. The lowest BCUT2D eigenvalue weighted by Gasteiger charge is -2.06. The van der Waals surface area contributed by atoms with Gasteiger partial charge in [0.2, 0.25) is 0 Å². The van der Waals surface area contributed by atoms with E-state index in [9.17, 15) is 15.0 Å². The van der Waals surface area contributed by atoms with Crippen LogP contribution in [0, 0.1) is 13.8 Å². The average molecular weight is 298 g/mol. The smallest absolute Gasteiger partial charge is 0.271 e. The van der Waals surface area contributed by atoms with E-state index < -0.39 is 0 Å². The molecule has 114 valence electrons. The van der Waals surface area contributed by atoms with E-state index >= 15 is 0 Å². The number of phenolic OH excluding ortho intramolecular Hbond substituents is 2. The Balaban J connectivity index is 2.16. The Morgan fingerprint density at radius 1 is 1.05 bits per heavy atom. The number of hydrogen-bond acceptors (Lipinski definition) is 4. The zero-order valence-corrected chi connectivity index (χ0v) is 12.7. The van der Waals surface area contributed by atoms with E-state index in [1.807, 2.05) is 19.9 Å². The maximum atomic E-state index is 12.1. The fourth-order valence-corrected chi connectivity index (χ4v) is 1.97. The number of rotatable bonds is 3. The van der Waals surface area contributed by atoms with E-state index in [0.717, 1.165) is 11.1 Å². The van der Waals surface area contributed by atoms with Crippen LogP contribution in [0.1, 0.15) is 34.0 Å². The van der Waals surface area contributed by atoms with Gasteiger partial charge in [-0.05, 0) is 56.2 Å². The van der Waals surface area contributed by atoms with Crippen molar-refractivity contribution >= 4 is 11.6 Å². The highest BCUT2D eigenvalue weighted by atomic mass is 16.3. The Morgan fingerprint density at radius 3 is 2.41 bits per heavy atom. The Bertz CT molecular complexity index is 752. The first-order valence-electron chi connectivity index (χ1n) is 6.82. The summed E-state index contributed by atoms with van der Waals surface area (Å²) in [5.74, 6) is -0.449. The largest absolute Gasteiger partial charge is 0.508 e. The van der Waals surface area contributed by atoms with Crippen molar-refractivity contribution < 1.29 is 15.0 Å². The molecule has 3 N–H and O–H groups in total. The number of aryl methyl sites for hydroxylation is 2. The van der Waals surface area contributed by atoms with E-state index in [1.54, 1.807) is 19.1 Å². The van der Waals surface area contributed by atoms with Crippen LogP contribution in [0.4, 0.5) is 0 Å². The zero-order chi connectivity index (χ0) is 16.3. The van der Waals surface area contributed by atoms with Crippen LogP contribution in [-0.2, 0) is 0 Å². The quantitative estimate of drug-likeness (QED) is 0.602. The van der Waals surface area contributed by atoms with Gasteiger partial charge in [-0.2, -0.15) is 5.10 Å². The lowest BCUT2D eigenvalue weighted by molar-refractivity contribution is 0.0954. The van der Waals surface area contributed by atoms with E-state index in [2.05, 4.69) is 10.5 Å². The second kappa shape index (κ2) is 6.30. The fourth-order valence-electron chi connectivity index (χ4n) is 1.97. The van der Waals surface area contributed by atoms with Crippen molar-refractivity contribution in [3.63, 3.8) is 0 Å². The minimum atomic E-state index is -0.319. The van der Waals surface area contributed by atoms with Crippen LogP contribution in [0.25, 0.3) is 0 Å². The first-order chi connectivity index (χ1) is 10.4. The molecule has 0 aliphatic heterocycles. The van der Waals surface area contributed by atoms with E-state index in [-0.39, 0.29) is 17.4 Å². The van der Waals surface area contributed by atoms with Gasteiger partial charge in [-0.1, -0.05) is 6.07 Å². The van der Waals surface area contributed by atoms with Crippen molar-refractivity contribution in [1.82, 2.24) is 5.43 Å². The summed E-state index contributed by atoms with van der Waals surface area (Å²) < 4.78 is 0. The summed E-state index contributed by atoms with van der Waals surface area (Å²) in [4.78, 5) is 12.1. The molecular formula is C17H18N2O3. The van der Waals surface area contributed by atoms with Crippen LogP contribution in [-0.4, -0.2) is 21.8 Å². The predicted octanol–water partition coefficient (Wildman–Crippen LogP) is 2.87. The minimum absolute atomic E-state index is 0.0341. The van der Waals surface area contributed by atoms with Crippen molar-refractivity contribution in [1.29, 1.82) is 0 Å². The molecule has 0 unspecified atom stereocenters. The number of nitrogens with one attached hydrogen (secondary N) is 1. The summed E-state index contributed by atoms with van der Waals surface area (Å²) in [6, 6.07) is 9.62. The molecule has 2 aromatic rings. The maximum absolute atomic E-state index is 12.1. The van der Waals surface area contributed by atoms with Crippen LogP contribution in [0.15, 0.2) is 41.5 Å². The topological polar surface area (TPSA) is 81.9 Å². The van der Waals surface area contributed by atoms with Crippen molar-refractivity contribution in [2.24, 2.45) is 5.10 Å². The van der Waals surface area contributed by atoms with Crippen LogP contribution in [0.2, 0.25) is 0 Å². The number of carbonyl (C=O) groups is 1. The lowest BCUT2D eigenvalue weighted by atomic mass is 10.1. The molecule has 0 aromatic heterocycles. The number of benzene rings is 2. The molecule has 5 heteroatoms. The summed E-state index contributed by atoms with van der Waals surface area (Å²) in [6.07, 6.45) is 0. The second-order valence-corrected chi connectivity index (χ2v) is 5.14. The standard InChI is InChI=1S/C17H18N2O3/c1-10-4-5-13(8-11(10)2)17(22)19-18-12(3)15-7-6-14(20)9-16(15)21/h4-9,20-21H,1-3H3,(H,19,22)/b18-12+. The van der Waals surface area contributed by atoms with Crippen LogP contribution >= 0.6 is 0 Å². The van der Waals surface area contributed by atoms with E-state index in [4.69, 9.17) is 0 Å². The first kappa shape index (κ1) is 15.6. The third-order valence-electron chi connectivity index (χ3n) is 3.47. The first-order valence-corrected chi connectivity index (χ1v) is 6.82. The number of carbonyl (C=O) groups excluding carboxylic acids is 1. The highest BCUT2D eigenvalue weighted by molar-refractivity contribution is 6.02. The Morgan fingerprint density at radius 2 is 1.77 bits per heavy atom. The second-order valence-electron chi connectivity index (χ2n) is 5.14. The normalized spacial score (nSPS) is 11.3. The van der Waals surface area contributed by atoms with Crippen molar-refractivity contribution in [2.75, 3.05) is 0 Å². The van der Waals surface area contributed by atoms with Gasteiger partial charge in [-0.3, -0.25) is 4.79 Å². The van der Waals surface area contributed by atoms with Crippen LogP contribution in [0.3, 0.4) is 0 Å². The number of nitrogens with zero attached hydrogens (tertiary/aromatic N) is 1. The van der Waals surface area contributed by atoms with Gasteiger partial charge in [0.15, 0.2) is 0 Å². The molecule has 0 aliphatic carbocycles. The lowest BCUT2D eigenvalue weighted by Crippen LogP contribution is -2.19. The number of phenols is 2. The molecule has 0 radical (unpaired) electrons. The molecule has 0 heterocycles. The molecule has 0 fully saturated rings. The molecule has 0 bridgehead atoms. The van der Waals surface area contributed by atoms with Gasteiger partial charge in [-0.15, -0.1) is 0 Å². The Hall–Kier alpha value is -2.82. The Labute approximate surface area is 128 Å². The summed E-state index contributed by atoms with van der Waals surface area (Å²) in [6.45, 7) is 5.58. The molecule has 0 saturated carbocycles. The summed E-state index contributed by atoms with van der Waals surface area (Å²) in [7, 11) is 0. The number of amides is 1. The maximum Gasteiger partial charge on any atom is 0.271 e. The average Bonchev–Trinajstić information content (AvgIpc) is 2.47. The van der Waals surface area contributed by atoms with E-state index in [0.29, 0.717) is 16.8 Å². The van der Waals surface area contributed by atoms with E-state index in [1.165, 1.54) is 18.2 Å². The molecule has 2 rings (SSSR count). The molecule has 1 amide bonds. The van der Waals surface area contributed by atoms with Gasteiger partial charge in [0.25, 0.3) is 5.91 Å². The van der Waals surface area contributed by atoms with Crippen molar-refractivity contribution in [3.05, 3.63) is 58.7 Å². The molecule has 0 aliphatic rings. The molecular weight excluding hydrogens is 280 g/mol. The SMILES string of the molecule is C/C(=N\NC(=O)c1ccc(C)c(C)c1)c1ccc(O)cc1O. The molecule has 0 spiro atoms. The Kier molecular flexibility index (Phi) is 4.46. The molecule has 0 atom stereocenters. The van der Waals surface area contributed by atoms with Gasteiger partial charge >= 0.3 is 0 Å². The van der Waals surface area contributed by atoms with Gasteiger partial charge < -0.3 is 10.2 Å². The van der Waals surface area contributed by atoms with Gasteiger partial charge in [0.05, 0.1) is 5.71 Å². The molecule has 0 saturated heterocycles. The monoisotopic (exact) mass is 298 g/mol. The molecule has 22 heavy (non-hydrogen) atoms. The highest BCUT2D eigenvalue weighted by Gasteiger charge is 2.08. The third-order valence-corrected chi connectivity index (χ3v) is 3.47. The van der Waals surface area contributed by atoms with Gasteiger partial charge in [0.1, 0.15) is 11.5 Å². The summed E-state index contributed by atoms with van der Waals surface area (Å²) >= 11 is 0. The van der Waals surface area contributed by atoms with Gasteiger partial charge in [-0.25, -0.2) is 5.43 Å². The molecule has 2 aromatic carbocycles. The zero-order valence-electron chi connectivity index (χ0n) is 12.7. The van der Waals surface area contributed by atoms with Crippen LogP contribution in [0.5, 0.6) is 11.5 Å². The van der Waals surface area contributed by atoms with Crippen LogP contribution < -0.4 is 5.43 Å². The number of hydrogen-bond donors (Lipinski definition) is 3. The number of aromatic hydroxyl groups is 2. The van der Waals surface area contributed by atoms with Gasteiger partial charge in [0, 0.05) is 17.2 Å². The predicted molar refractivity (Wildman–Crippen MR) is 85.4 cm³/mol. The third kappa shape index (κ3) is 3.44. The van der Waals surface area contributed by atoms with Crippen molar-refractivity contribution in [3.8, 4) is 11.5 Å².